The molecular formula is C27H30F3NO5. The largest absolute Gasteiger partial charge is 0.492 e. The number of hydrogen-bond acceptors (Lipinski definition) is 6. The quantitative estimate of drug-likeness (QED) is 0.513. The van der Waals surface area contributed by atoms with E-state index in [1.807, 2.05) is 12.1 Å². The van der Waals surface area contributed by atoms with Crippen molar-refractivity contribution in [3.8, 4) is 11.5 Å². The third kappa shape index (κ3) is 5.18. The Balaban J connectivity index is 1.37. The minimum atomic E-state index is -4.41. The van der Waals surface area contributed by atoms with Gasteiger partial charge in [0.05, 0.1) is 32.3 Å². The highest BCUT2D eigenvalue weighted by Gasteiger charge is 2.38. The molecule has 3 aliphatic rings. The number of esters is 1. The third-order valence-electron chi connectivity index (χ3n) is 7.26. The zero-order chi connectivity index (χ0) is 25.3. The van der Waals surface area contributed by atoms with Crippen LogP contribution in [-0.4, -0.2) is 50.9 Å². The fourth-order valence-electron chi connectivity index (χ4n) is 5.44. The first-order chi connectivity index (χ1) is 17.3. The van der Waals surface area contributed by atoms with Gasteiger partial charge in [0.25, 0.3) is 0 Å². The molecule has 1 fully saturated rings. The summed E-state index contributed by atoms with van der Waals surface area (Å²) < 4.78 is 64.1. The Morgan fingerprint density at radius 1 is 1.14 bits per heavy atom. The van der Waals surface area contributed by atoms with Crippen molar-refractivity contribution in [3.05, 3.63) is 58.1 Å². The molecule has 9 heteroatoms. The van der Waals surface area contributed by atoms with Gasteiger partial charge in [0, 0.05) is 43.8 Å². The van der Waals surface area contributed by atoms with Crippen LogP contribution >= 0.6 is 0 Å². The molecule has 2 aromatic carbocycles. The van der Waals surface area contributed by atoms with Crippen molar-refractivity contribution in [2.24, 2.45) is 0 Å². The van der Waals surface area contributed by atoms with Gasteiger partial charge in [-0.05, 0) is 48.1 Å². The van der Waals surface area contributed by atoms with E-state index in [4.69, 9.17) is 18.9 Å². The maximum absolute atomic E-state index is 13.9. The predicted octanol–water partition coefficient (Wildman–Crippen LogP) is 5.03. The van der Waals surface area contributed by atoms with E-state index >= 15 is 0 Å². The molecule has 2 aromatic rings. The number of rotatable bonds is 6. The molecule has 2 atom stereocenters. The zero-order valence-electron chi connectivity index (χ0n) is 20.2. The molecule has 0 unspecified atom stereocenters. The summed E-state index contributed by atoms with van der Waals surface area (Å²) in [7, 11) is 1.36. The molecule has 1 saturated heterocycles. The number of halogens is 3. The third-order valence-corrected chi connectivity index (χ3v) is 7.26. The number of nitrogens with zero attached hydrogens (tertiary/aromatic N) is 1. The molecule has 36 heavy (non-hydrogen) atoms. The number of carbonyl (C=O) groups is 1. The number of hydrogen-bond donors (Lipinski definition) is 0. The first-order valence-corrected chi connectivity index (χ1v) is 12.4. The molecule has 0 radical (unpaired) electrons. The van der Waals surface area contributed by atoms with Crippen molar-refractivity contribution >= 4 is 5.97 Å². The average molecular weight is 506 g/mol. The molecule has 6 nitrogen and oxygen atoms in total. The summed E-state index contributed by atoms with van der Waals surface area (Å²) in [5.41, 5.74) is 2.29. The van der Waals surface area contributed by atoms with Crippen molar-refractivity contribution < 1.29 is 36.9 Å². The van der Waals surface area contributed by atoms with E-state index in [1.54, 1.807) is 12.1 Å². The van der Waals surface area contributed by atoms with Crippen LogP contribution in [0, 0.1) is 0 Å². The molecule has 1 aliphatic carbocycles. The van der Waals surface area contributed by atoms with Crippen LogP contribution in [0.15, 0.2) is 30.3 Å². The SMILES string of the molecule is COC(=O)C[C@@H]1COc2cc(O[C@@H]3CCc4c3ccc(C(F)(F)F)c4CN3CCCOCC3)ccc21. The van der Waals surface area contributed by atoms with Gasteiger partial charge < -0.3 is 18.9 Å². The highest BCUT2D eigenvalue weighted by Crippen LogP contribution is 2.44. The number of methoxy groups -OCH3 is 1. The Labute approximate surface area is 208 Å². The van der Waals surface area contributed by atoms with E-state index in [0.29, 0.717) is 62.8 Å². The van der Waals surface area contributed by atoms with Crippen LogP contribution in [0.2, 0.25) is 0 Å². The van der Waals surface area contributed by atoms with Crippen molar-refractivity contribution in [1.29, 1.82) is 0 Å². The monoisotopic (exact) mass is 505 g/mol. The van der Waals surface area contributed by atoms with Crippen LogP contribution in [0.5, 0.6) is 11.5 Å². The molecule has 0 N–H and O–H groups in total. The molecule has 0 saturated carbocycles. The van der Waals surface area contributed by atoms with E-state index in [1.165, 1.54) is 13.2 Å². The summed E-state index contributed by atoms with van der Waals surface area (Å²) in [6, 6.07) is 8.29. The number of ether oxygens (including phenoxy) is 4. The van der Waals surface area contributed by atoms with E-state index in [2.05, 4.69) is 4.90 Å². The molecule has 2 aliphatic heterocycles. The van der Waals surface area contributed by atoms with E-state index < -0.39 is 11.7 Å². The normalized spacial score (nSPS) is 21.9. The maximum Gasteiger partial charge on any atom is 0.416 e. The van der Waals surface area contributed by atoms with Gasteiger partial charge in [-0.3, -0.25) is 9.69 Å². The Morgan fingerprint density at radius 2 is 1.97 bits per heavy atom. The Kier molecular flexibility index (Phi) is 7.12. The van der Waals surface area contributed by atoms with Gasteiger partial charge >= 0.3 is 12.1 Å². The minimum absolute atomic E-state index is 0.0681. The topological polar surface area (TPSA) is 57.2 Å². The Bertz CT molecular complexity index is 1110. The van der Waals surface area contributed by atoms with Crippen LogP contribution < -0.4 is 9.47 Å². The first-order valence-electron chi connectivity index (χ1n) is 12.4. The summed E-state index contributed by atoms with van der Waals surface area (Å²) in [4.78, 5) is 13.7. The molecule has 5 rings (SSSR count). The first kappa shape index (κ1) is 24.9. The van der Waals surface area contributed by atoms with Crippen molar-refractivity contribution in [2.75, 3.05) is 40.0 Å². The second-order valence-electron chi connectivity index (χ2n) is 9.53. The van der Waals surface area contributed by atoms with Crippen molar-refractivity contribution in [2.45, 2.75) is 50.4 Å². The summed E-state index contributed by atoms with van der Waals surface area (Å²) in [6.07, 6.45) is -2.55. The lowest BCUT2D eigenvalue weighted by Gasteiger charge is -2.24. The second kappa shape index (κ2) is 10.3. The smallest absolute Gasteiger partial charge is 0.416 e. The van der Waals surface area contributed by atoms with Crippen LogP contribution in [0.4, 0.5) is 13.2 Å². The predicted molar refractivity (Wildman–Crippen MR) is 125 cm³/mol. The second-order valence-corrected chi connectivity index (χ2v) is 9.53. The van der Waals surface area contributed by atoms with Crippen LogP contribution in [0.3, 0.4) is 0 Å². The van der Waals surface area contributed by atoms with Crippen LogP contribution in [-0.2, 0) is 33.4 Å². The van der Waals surface area contributed by atoms with Gasteiger partial charge in [-0.2, -0.15) is 13.2 Å². The fourth-order valence-corrected chi connectivity index (χ4v) is 5.44. The maximum atomic E-state index is 13.9. The minimum Gasteiger partial charge on any atom is -0.492 e. The fraction of sp³-hybridized carbons (Fsp3) is 0.519. The molecule has 0 spiro atoms. The van der Waals surface area contributed by atoms with Crippen molar-refractivity contribution in [1.82, 2.24) is 4.90 Å². The number of benzene rings is 2. The van der Waals surface area contributed by atoms with Gasteiger partial charge in [0.1, 0.15) is 17.6 Å². The van der Waals surface area contributed by atoms with Gasteiger partial charge in [-0.25, -0.2) is 0 Å². The zero-order valence-corrected chi connectivity index (χ0v) is 20.2. The van der Waals surface area contributed by atoms with Crippen molar-refractivity contribution in [3.63, 3.8) is 0 Å². The number of carbonyl (C=O) groups excluding carboxylic acids is 1. The molecule has 2 heterocycles. The summed E-state index contributed by atoms with van der Waals surface area (Å²) in [5.74, 6) is 0.898. The molecule has 0 amide bonds. The van der Waals surface area contributed by atoms with Crippen LogP contribution in [0.1, 0.15) is 59.1 Å². The number of alkyl halides is 3. The molecular weight excluding hydrogens is 475 g/mol. The number of fused-ring (bicyclic) bond motifs is 2. The summed E-state index contributed by atoms with van der Waals surface area (Å²) >= 11 is 0. The standard InChI is InChI=1S/C27H30F3NO5/c1-33-26(32)13-17-16-35-25-14-18(3-4-19(17)25)36-24-8-6-20-21(24)5-7-23(27(28,29)30)22(20)15-31-9-2-11-34-12-10-31/h3-5,7,14,17,24H,2,6,8-13,15-16H2,1H3/t17-,24-/m1/s1. The van der Waals surface area contributed by atoms with E-state index in [-0.39, 0.29) is 31.0 Å². The highest BCUT2D eigenvalue weighted by atomic mass is 19.4. The average Bonchev–Trinajstić information content (AvgIpc) is 3.34. The highest BCUT2D eigenvalue weighted by molar-refractivity contribution is 5.71. The lowest BCUT2D eigenvalue weighted by molar-refractivity contribution is -0.141. The molecule has 0 aromatic heterocycles. The molecule has 194 valence electrons. The molecule has 0 bridgehead atoms. The lowest BCUT2D eigenvalue weighted by atomic mass is 9.96. The Morgan fingerprint density at radius 3 is 2.78 bits per heavy atom. The summed E-state index contributed by atoms with van der Waals surface area (Å²) in [6.45, 7) is 3.15. The van der Waals surface area contributed by atoms with Gasteiger partial charge in [-0.15, -0.1) is 0 Å². The van der Waals surface area contributed by atoms with Gasteiger partial charge in [-0.1, -0.05) is 12.1 Å². The summed E-state index contributed by atoms with van der Waals surface area (Å²) in [5, 5.41) is 0. The van der Waals surface area contributed by atoms with Gasteiger partial charge in [0.2, 0.25) is 0 Å². The van der Waals surface area contributed by atoms with E-state index in [9.17, 15) is 18.0 Å². The lowest BCUT2D eigenvalue weighted by Crippen LogP contribution is -2.28. The Hall–Kier alpha value is -2.78. The van der Waals surface area contributed by atoms with E-state index in [0.717, 1.165) is 23.1 Å². The van der Waals surface area contributed by atoms with Crippen LogP contribution in [0.25, 0.3) is 0 Å². The van der Waals surface area contributed by atoms with Gasteiger partial charge in [0.15, 0.2) is 0 Å².